The summed E-state index contributed by atoms with van der Waals surface area (Å²) in [7, 11) is 0. The van der Waals surface area contributed by atoms with Gasteiger partial charge in [0.25, 0.3) is 5.56 Å². The molecular weight excluding hydrogens is 456 g/mol. The van der Waals surface area contributed by atoms with Gasteiger partial charge in [-0.05, 0) is 61.1 Å². The Labute approximate surface area is 200 Å². The van der Waals surface area contributed by atoms with E-state index in [0.29, 0.717) is 14.9 Å². The normalized spacial score (nSPS) is 12.1. The molecule has 1 amide bonds. The molecule has 3 aromatic rings. The lowest BCUT2D eigenvalue weighted by atomic mass is 10.1. The largest absolute Gasteiger partial charge is 0.463 e. The molecular formula is C25H26N2O4S2. The predicted octanol–water partition coefficient (Wildman–Crippen LogP) is 3.01. The van der Waals surface area contributed by atoms with Gasteiger partial charge in [0, 0.05) is 10.6 Å². The summed E-state index contributed by atoms with van der Waals surface area (Å²) in [4.78, 5) is 39.0. The van der Waals surface area contributed by atoms with E-state index in [9.17, 15) is 14.4 Å². The Balaban J connectivity index is 1.95. The quantitative estimate of drug-likeness (QED) is 0.395. The van der Waals surface area contributed by atoms with Crippen molar-refractivity contribution >= 4 is 52.8 Å². The van der Waals surface area contributed by atoms with Gasteiger partial charge in [0.15, 0.2) is 0 Å². The number of ether oxygens (including phenoxy) is 1. The number of carbonyl (C=O) groups is 2. The maximum absolute atomic E-state index is 13.1. The minimum Gasteiger partial charge on any atom is -0.463 e. The number of nitrogens with one attached hydrogen (secondary N) is 1. The zero-order valence-electron chi connectivity index (χ0n) is 18.8. The topological polar surface area (TPSA) is 77.4 Å². The van der Waals surface area contributed by atoms with Crippen molar-refractivity contribution in [3.8, 4) is 0 Å². The summed E-state index contributed by atoms with van der Waals surface area (Å²) < 4.78 is 7.10. The summed E-state index contributed by atoms with van der Waals surface area (Å²) in [6.45, 7) is 3.78. The van der Waals surface area contributed by atoms with Crippen molar-refractivity contribution in [1.82, 2.24) is 4.57 Å². The fraction of sp³-hybridized carbons (Fsp3) is 0.240. The van der Waals surface area contributed by atoms with Crippen LogP contribution in [0.15, 0.2) is 58.2 Å². The number of thiazole rings is 1. The first-order valence-electron chi connectivity index (χ1n) is 10.6. The van der Waals surface area contributed by atoms with Crippen LogP contribution >= 0.6 is 23.1 Å². The molecule has 172 valence electrons. The van der Waals surface area contributed by atoms with Crippen molar-refractivity contribution in [2.45, 2.75) is 31.7 Å². The number of carbonyl (C=O) groups excluding carboxylic acids is 2. The number of esters is 1. The van der Waals surface area contributed by atoms with Crippen LogP contribution in [0, 0.1) is 0 Å². The maximum atomic E-state index is 13.1. The lowest BCUT2D eigenvalue weighted by Crippen LogP contribution is -2.36. The highest BCUT2D eigenvalue weighted by Crippen LogP contribution is 2.15. The molecule has 0 radical (unpaired) electrons. The van der Waals surface area contributed by atoms with Crippen LogP contribution < -0.4 is 20.1 Å². The van der Waals surface area contributed by atoms with Gasteiger partial charge in [-0.3, -0.25) is 14.2 Å². The van der Waals surface area contributed by atoms with Crippen molar-refractivity contribution in [3.63, 3.8) is 0 Å². The van der Waals surface area contributed by atoms with Gasteiger partial charge in [0.05, 0.1) is 17.2 Å². The van der Waals surface area contributed by atoms with Crippen LogP contribution in [0.25, 0.3) is 12.2 Å². The molecule has 0 fully saturated rings. The molecule has 33 heavy (non-hydrogen) atoms. The summed E-state index contributed by atoms with van der Waals surface area (Å²) in [5.74, 6) is -0.910. The fourth-order valence-electron chi connectivity index (χ4n) is 3.10. The molecule has 0 saturated carbocycles. The lowest BCUT2D eigenvalue weighted by Gasteiger charge is -2.06. The highest BCUT2D eigenvalue weighted by molar-refractivity contribution is 7.98. The first kappa shape index (κ1) is 24.5. The Kier molecular flexibility index (Phi) is 8.68. The predicted molar refractivity (Wildman–Crippen MR) is 135 cm³/mol. The molecule has 0 aliphatic rings. The Morgan fingerprint density at radius 2 is 1.79 bits per heavy atom. The molecule has 3 rings (SSSR count). The van der Waals surface area contributed by atoms with E-state index in [1.54, 1.807) is 24.8 Å². The van der Waals surface area contributed by atoms with Gasteiger partial charge in [-0.1, -0.05) is 31.2 Å². The van der Waals surface area contributed by atoms with Crippen molar-refractivity contribution in [1.29, 1.82) is 0 Å². The second-order valence-corrected chi connectivity index (χ2v) is 9.05. The van der Waals surface area contributed by atoms with Crippen molar-refractivity contribution in [3.05, 3.63) is 79.2 Å². The van der Waals surface area contributed by atoms with Gasteiger partial charge in [-0.15, -0.1) is 23.1 Å². The van der Waals surface area contributed by atoms with Gasteiger partial charge >= 0.3 is 5.97 Å². The number of nitrogens with zero attached hydrogens (tertiary/aromatic N) is 1. The Bertz CT molecular complexity index is 1290. The number of benzene rings is 2. The van der Waals surface area contributed by atoms with E-state index in [1.807, 2.05) is 54.8 Å². The lowest BCUT2D eigenvalue weighted by molar-refractivity contribution is -0.135. The molecule has 0 bridgehead atoms. The number of rotatable bonds is 8. The molecule has 0 spiro atoms. The summed E-state index contributed by atoms with van der Waals surface area (Å²) >= 11 is 2.79. The second-order valence-electron chi connectivity index (χ2n) is 7.11. The maximum Gasteiger partial charge on any atom is 0.333 e. The van der Waals surface area contributed by atoms with E-state index in [0.717, 1.165) is 28.2 Å². The number of anilines is 1. The molecule has 0 aliphatic heterocycles. The molecule has 6 nitrogen and oxygen atoms in total. The third-order valence-corrected chi connectivity index (χ3v) is 6.63. The van der Waals surface area contributed by atoms with E-state index in [1.165, 1.54) is 16.2 Å². The third-order valence-electron chi connectivity index (χ3n) is 4.83. The van der Waals surface area contributed by atoms with Crippen LogP contribution in [-0.4, -0.2) is 29.3 Å². The molecule has 0 unspecified atom stereocenters. The molecule has 0 atom stereocenters. The minimum absolute atomic E-state index is 0.213. The minimum atomic E-state index is -0.557. The number of aryl methyl sites for hydroxylation is 1. The van der Waals surface area contributed by atoms with E-state index < -0.39 is 5.97 Å². The zero-order chi connectivity index (χ0) is 23.8. The molecule has 8 heteroatoms. The molecule has 1 N–H and O–H groups in total. The van der Waals surface area contributed by atoms with Crippen molar-refractivity contribution in [2.75, 3.05) is 18.2 Å². The van der Waals surface area contributed by atoms with Gasteiger partial charge < -0.3 is 10.1 Å². The van der Waals surface area contributed by atoms with Gasteiger partial charge in [-0.25, -0.2) is 4.79 Å². The highest BCUT2D eigenvalue weighted by atomic mass is 32.2. The first-order chi connectivity index (χ1) is 15.9. The monoisotopic (exact) mass is 482 g/mol. The van der Waals surface area contributed by atoms with E-state index in [2.05, 4.69) is 12.2 Å². The van der Waals surface area contributed by atoms with E-state index in [4.69, 9.17) is 4.74 Å². The second kappa shape index (κ2) is 11.7. The molecule has 1 aromatic heterocycles. The van der Waals surface area contributed by atoms with E-state index >= 15 is 0 Å². The smallest absolute Gasteiger partial charge is 0.333 e. The standard InChI is InChI=1S/C25H26N2O4S2/c1-4-17-6-10-19(11-7-17)26-22(28)16-27-23(15-24(29)31-5-2)33-21(25(27)30)14-18-8-12-20(32-3)13-9-18/h6-15H,4-5,16H2,1-3H3,(H,26,28). The zero-order valence-corrected chi connectivity index (χ0v) is 20.4. The van der Waals surface area contributed by atoms with E-state index in [-0.39, 0.29) is 24.6 Å². The first-order valence-corrected chi connectivity index (χ1v) is 12.6. The number of thioether (sulfide) groups is 1. The van der Waals surface area contributed by atoms with Crippen LogP contribution in [0.5, 0.6) is 0 Å². The number of amides is 1. The Hall–Kier alpha value is -3.10. The summed E-state index contributed by atoms with van der Waals surface area (Å²) in [5.41, 5.74) is 2.35. The SMILES string of the molecule is CCOC(=O)C=c1sc(=Cc2ccc(SC)cc2)c(=O)n1CC(=O)Nc1ccc(CC)cc1. The van der Waals surface area contributed by atoms with Crippen LogP contribution in [-0.2, 0) is 27.3 Å². The molecule has 2 aromatic carbocycles. The number of aromatic nitrogens is 1. The average molecular weight is 483 g/mol. The Morgan fingerprint density at radius 1 is 1.09 bits per heavy atom. The Morgan fingerprint density at radius 3 is 2.39 bits per heavy atom. The molecule has 0 saturated heterocycles. The summed E-state index contributed by atoms with van der Waals surface area (Å²) in [5, 5.41) is 2.81. The fourth-order valence-corrected chi connectivity index (χ4v) is 4.54. The summed E-state index contributed by atoms with van der Waals surface area (Å²) in [6.07, 6.45) is 5.92. The van der Waals surface area contributed by atoms with Crippen LogP contribution in [0.2, 0.25) is 0 Å². The van der Waals surface area contributed by atoms with Crippen LogP contribution in [0.4, 0.5) is 5.69 Å². The summed E-state index contributed by atoms with van der Waals surface area (Å²) in [6, 6.07) is 15.4. The molecule has 0 aliphatic carbocycles. The third kappa shape index (κ3) is 6.69. The number of hydrogen-bond acceptors (Lipinski definition) is 6. The van der Waals surface area contributed by atoms with Gasteiger partial charge in [-0.2, -0.15) is 0 Å². The van der Waals surface area contributed by atoms with Gasteiger partial charge in [0.1, 0.15) is 11.2 Å². The van der Waals surface area contributed by atoms with Crippen LogP contribution in [0.3, 0.4) is 0 Å². The number of hydrogen-bond donors (Lipinski definition) is 1. The van der Waals surface area contributed by atoms with Crippen molar-refractivity contribution < 1.29 is 14.3 Å². The average Bonchev–Trinajstić information content (AvgIpc) is 3.08. The van der Waals surface area contributed by atoms with Crippen molar-refractivity contribution in [2.24, 2.45) is 0 Å². The van der Waals surface area contributed by atoms with Crippen LogP contribution in [0.1, 0.15) is 25.0 Å². The highest BCUT2D eigenvalue weighted by Gasteiger charge is 2.11. The molecule has 1 heterocycles. The van der Waals surface area contributed by atoms with Gasteiger partial charge in [0.2, 0.25) is 5.91 Å².